The Morgan fingerprint density at radius 3 is 2.57 bits per heavy atom. The summed E-state index contributed by atoms with van der Waals surface area (Å²) in [6.07, 6.45) is 5.33. The lowest BCUT2D eigenvalue weighted by atomic mass is 10.2. The van der Waals surface area contributed by atoms with E-state index in [-0.39, 0.29) is 0 Å². The van der Waals surface area contributed by atoms with Gasteiger partial charge in [0.05, 0.1) is 18.9 Å². The van der Waals surface area contributed by atoms with Crippen LogP contribution in [-0.4, -0.2) is 44.0 Å². The number of hydrogen-bond donors (Lipinski definition) is 0. The highest BCUT2D eigenvalue weighted by atomic mass is 16.5. The summed E-state index contributed by atoms with van der Waals surface area (Å²) in [5, 5.41) is 0. The highest BCUT2D eigenvalue weighted by Gasteiger charge is 2.12. The number of nitrogens with zero attached hydrogens (tertiary/aromatic N) is 2. The molecule has 0 saturated carbocycles. The van der Waals surface area contributed by atoms with Crippen LogP contribution in [-0.2, 0) is 4.74 Å². The molecule has 0 aromatic rings. The van der Waals surface area contributed by atoms with E-state index in [0.717, 1.165) is 39.3 Å². The predicted molar refractivity (Wildman–Crippen MR) is 59.8 cm³/mol. The van der Waals surface area contributed by atoms with Gasteiger partial charge < -0.3 is 9.64 Å². The molecule has 2 rings (SSSR count). The first-order valence-electron chi connectivity index (χ1n) is 5.49. The number of hydrogen-bond acceptors (Lipinski definition) is 3. The van der Waals surface area contributed by atoms with Crippen molar-refractivity contribution in [3.8, 4) is 0 Å². The molecule has 2 aliphatic heterocycles. The van der Waals surface area contributed by atoms with Crippen molar-refractivity contribution >= 4 is 6.21 Å². The van der Waals surface area contributed by atoms with E-state index in [0.29, 0.717) is 0 Å². The maximum atomic E-state index is 5.28. The van der Waals surface area contributed by atoms with E-state index < -0.39 is 0 Å². The maximum absolute atomic E-state index is 5.28. The van der Waals surface area contributed by atoms with Crippen LogP contribution in [0.5, 0.6) is 0 Å². The van der Waals surface area contributed by atoms with E-state index in [1.165, 1.54) is 5.70 Å². The summed E-state index contributed by atoms with van der Waals surface area (Å²) >= 11 is 0. The average Bonchev–Trinajstić information content (AvgIpc) is 2.34. The maximum Gasteiger partial charge on any atom is 0.0642 e. The van der Waals surface area contributed by atoms with E-state index >= 15 is 0 Å². The van der Waals surface area contributed by atoms with Gasteiger partial charge >= 0.3 is 0 Å². The largest absolute Gasteiger partial charge is 0.378 e. The molecular weight excluding hydrogens is 176 g/mol. The van der Waals surface area contributed by atoms with Crippen molar-refractivity contribution in [3.05, 3.63) is 11.8 Å². The zero-order valence-corrected chi connectivity index (χ0v) is 9.20. The fourth-order valence-corrected chi connectivity index (χ4v) is 1.53. The van der Waals surface area contributed by atoms with Crippen molar-refractivity contribution in [2.75, 3.05) is 32.8 Å². The second-order valence-corrected chi connectivity index (χ2v) is 3.05. The first-order chi connectivity index (χ1) is 6.97. The molecule has 0 aromatic heterocycles. The summed E-state index contributed by atoms with van der Waals surface area (Å²) in [7, 11) is 0. The van der Waals surface area contributed by atoms with Crippen LogP contribution < -0.4 is 0 Å². The fourth-order valence-electron chi connectivity index (χ4n) is 1.53. The third-order valence-electron chi connectivity index (χ3n) is 2.21. The Hall–Kier alpha value is -0.830. The van der Waals surface area contributed by atoms with Crippen LogP contribution in [0.25, 0.3) is 0 Å². The molecule has 0 bridgehead atoms. The summed E-state index contributed by atoms with van der Waals surface area (Å²) in [4.78, 5) is 6.60. The second kappa shape index (κ2) is 6.60. The number of allylic oxidation sites excluding steroid dienone is 1. The third kappa shape index (κ3) is 3.14. The van der Waals surface area contributed by atoms with Gasteiger partial charge in [0.15, 0.2) is 0 Å². The number of ether oxygens (including phenoxy) is 1. The van der Waals surface area contributed by atoms with E-state index in [1.807, 2.05) is 20.1 Å². The second-order valence-electron chi connectivity index (χ2n) is 3.05. The molecule has 0 atom stereocenters. The highest BCUT2D eigenvalue weighted by Crippen LogP contribution is 2.09. The zero-order chi connectivity index (χ0) is 10.2. The summed E-state index contributed by atoms with van der Waals surface area (Å²) in [6.45, 7) is 8.68. The number of dihydropyridines is 1. The Balaban J connectivity index is 0.000000461. The standard InChI is InChI=1S/C9H14N2O.C2H6/c1-2-9(8-10-3-1)11-4-6-12-7-5-11;1-2/h2,8H,1,3-7H2;1-2H3. The topological polar surface area (TPSA) is 24.8 Å². The summed E-state index contributed by atoms with van der Waals surface area (Å²) in [5.41, 5.74) is 1.28. The Labute approximate surface area is 86.5 Å². The molecule has 0 aliphatic carbocycles. The predicted octanol–water partition coefficient (Wildman–Crippen LogP) is 1.70. The molecule has 0 amide bonds. The molecule has 80 valence electrons. The first-order valence-corrected chi connectivity index (χ1v) is 5.49. The molecule has 2 heterocycles. The Morgan fingerprint density at radius 2 is 2.00 bits per heavy atom. The van der Waals surface area contributed by atoms with Crippen LogP contribution >= 0.6 is 0 Å². The fraction of sp³-hybridized carbons (Fsp3) is 0.727. The van der Waals surface area contributed by atoms with E-state index in [4.69, 9.17) is 4.74 Å². The molecule has 2 aliphatic rings. The number of aliphatic imine (C=N–C) groups is 1. The number of morpholine rings is 1. The van der Waals surface area contributed by atoms with Crippen molar-refractivity contribution in [1.29, 1.82) is 0 Å². The Kier molecular flexibility index (Phi) is 5.30. The lowest BCUT2D eigenvalue weighted by molar-refractivity contribution is 0.0564. The molecule has 0 N–H and O–H groups in total. The van der Waals surface area contributed by atoms with Gasteiger partial charge in [-0.25, -0.2) is 0 Å². The van der Waals surface area contributed by atoms with E-state index in [1.54, 1.807) is 0 Å². The minimum Gasteiger partial charge on any atom is -0.378 e. The quantitative estimate of drug-likeness (QED) is 0.637. The lowest BCUT2D eigenvalue weighted by Gasteiger charge is -2.30. The molecule has 3 nitrogen and oxygen atoms in total. The van der Waals surface area contributed by atoms with Crippen LogP contribution in [0.2, 0.25) is 0 Å². The lowest BCUT2D eigenvalue weighted by Crippen LogP contribution is -2.36. The average molecular weight is 196 g/mol. The van der Waals surface area contributed by atoms with Crippen LogP contribution in [0.4, 0.5) is 0 Å². The van der Waals surface area contributed by atoms with E-state index in [9.17, 15) is 0 Å². The molecule has 0 spiro atoms. The molecule has 0 radical (unpaired) electrons. The van der Waals surface area contributed by atoms with Gasteiger partial charge in [-0.15, -0.1) is 0 Å². The van der Waals surface area contributed by atoms with Crippen molar-refractivity contribution in [2.45, 2.75) is 20.3 Å². The Morgan fingerprint density at radius 1 is 1.29 bits per heavy atom. The normalized spacial score (nSPS) is 21.0. The molecule has 3 heteroatoms. The molecule has 0 aromatic carbocycles. The summed E-state index contributed by atoms with van der Waals surface area (Å²) < 4.78 is 5.28. The van der Waals surface area contributed by atoms with Gasteiger partial charge in [0.2, 0.25) is 0 Å². The van der Waals surface area contributed by atoms with Gasteiger partial charge in [0, 0.05) is 25.8 Å². The highest BCUT2D eigenvalue weighted by molar-refractivity contribution is 5.78. The van der Waals surface area contributed by atoms with Crippen LogP contribution in [0, 0.1) is 0 Å². The van der Waals surface area contributed by atoms with E-state index in [2.05, 4.69) is 16.0 Å². The molecular formula is C11H20N2O. The number of rotatable bonds is 1. The summed E-state index contributed by atoms with van der Waals surface area (Å²) in [6, 6.07) is 0. The monoisotopic (exact) mass is 196 g/mol. The minimum absolute atomic E-state index is 0.852. The van der Waals surface area contributed by atoms with Crippen molar-refractivity contribution in [3.63, 3.8) is 0 Å². The SMILES string of the molecule is C1=NCCC=C1N1CCOCC1.CC. The molecule has 1 saturated heterocycles. The van der Waals surface area contributed by atoms with Crippen LogP contribution in [0.3, 0.4) is 0 Å². The molecule has 14 heavy (non-hydrogen) atoms. The van der Waals surface area contributed by atoms with Gasteiger partial charge in [0.1, 0.15) is 0 Å². The smallest absolute Gasteiger partial charge is 0.0642 e. The molecule has 1 fully saturated rings. The van der Waals surface area contributed by atoms with Crippen LogP contribution in [0.1, 0.15) is 20.3 Å². The van der Waals surface area contributed by atoms with Gasteiger partial charge in [-0.2, -0.15) is 0 Å². The van der Waals surface area contributed by atoms with Crippen LogP contribution in [0.15, 0.2) is 16.8 Å². The van der Waals surface area contributed by atoms with Gasteiger partial charge in [-0.3, -0.25) is 4.99 Å². The van der Waals surface area contributed by atoms with Gasteiger partial charge in [-0.1, -0.05) is 19.9 Å². The van der Waals surface area contributed by atoms with Gasteiger partial charge in [-0.05, 0) is 6.42 Å². The Bertz CT molecular complexity index is 205. The molecule has 0 unspecified atom stereocenters. The van der Waals surface area contributed by atoms with Crippen molar-refractivity contribution < 1.29 is 4.74 Å². The van der Waals surface area contributed by atoms with Gasteiger partial charge in [0.25, 0.3) is 0 Å². The zero-order valence-electron chi connectivity index (χ0n) is 9.20. The van der Waals surface area contributed by atoms with Crippen molar-refractivity contribution in [1.82, 2.24) is 4.90 Å². The summed E-state index contributed by atoms with van der Waals surface area (Å²) in [5.74, 6) is 0. The minimum atomic E-state index is 0.852. The van der Waals surface area contributed by atoms with Crippen molar-refractivity contribution in [2.24, 2.45) is 4.99 Å². The first kappa shape index (κ1) is 11.2. The third-order valence-corrected chi connectivity index (χ3v) is 2.21.